The minimum absolute atomic E-state index is 0.205. The van der Waals surface area contributed by atoms with Gasteiger partial charge in [-0.1, -0.05) is 39.0 Å². The van der Waals surface area contributed by atoms with Gasteiger partial charge in [0.05, 0.1) is 17.2 Å². The van der Waals surface area contributed by atoms with Crippen molar-refractivity contribution in [3.8, 4) is 0 Å². The third-order valence-electron chi connectivity index (χ3n) is 4.49. The predicted octanol–water partition coefficient (Wildman–Crippen LogP) is 3.64. The molecule has 1 fully saturated rings. The van der Waals surface area contributed by atoms with E-state index in [2.05, 4.69) is 6.92 Å². The van der Waals surface area contributed by atoms with Crippen LogP contribution in [0.3, 0.4) is 0 Å². The van der Waals surface area contributed by atoms with E-state index in [4.69, 9.17) is 5.11 Å². The third-order valence-corrected chi connectivity index (χ3v) is 5.78. The van der Waals surface area contributed by atoms with Crippen LogP contribution in [-0.4, -0.2) is 50.8 Å². The van der Waals surface area contributed by atoms with Gasteiger partial charge in [-0.2, -0.15) is 0 Å². The summed E-state index contributed by atoms with van der Waals surface area (Å²) in [4.78, 5) is 24.4. The van der Waals surface area contributed by atoms with E-state index < -0.39 is 5.97 Å². The van der Waals surface area contributed by atoms with Crippen LogP contribution in [0.4, 0.5) is 0 Å². The van der Waals surface area contributed by atoms with E-state index in [1.54, 1.807) is 11.8 Å². The molecule has 1 amide bonds. The number of carboxylic acids is 1. The zero-order chi connectivity index (χ0) is 17.8. The van der Waals surface area contributed by atoms with Gasteiger partial charge in [0, 0.05) is 13.0 Å². The molecule has 1 heterocycles. The number of carbonyl (C=O) groups is 2. The smallest absolute Gasteiger partial charge is 0.303 e. The van der Waals surface area contributed by atoms with Crippen LogP contribution in [0.25, 0.3) is 0 Å². The first kappa shape index (κ1) is 21.3. The molecule has 0 spiro atoms. The second kappa shape index (κ2) is 12.6. The molecule has 0 aromatic heterocycles. The summed E-state index contributed by atoms with van der Waals surface area (Å²) in [6.07, 6.45) is 9.41. The lowest BCUT2D eigenvalue weighted by atomic mass is 10.1. The number of nitrogens with zero attached hydrogens (tertiary/aromatic N) is 1. The molecule has 5 nitrogen and oxygen atoms in total. The van der Waals surface area contributed by atoms with Crippen molar-refractivity contribution in [2.75, 3.05) is 12.3 Å². The van der Waals surface area contributed by atoms with Crippen LogP contribution < -0.4 is 0 Å². The van der Waals surface area contributed by atoms with E-state index in [0.717, 1.165) is 51.5 Å². The third kappa shape index (κ3) is 8.92. The Morgan fingerprint density at radius 3 is 2.67 bits per heavy atom. The number of aliphatic carboxylic acids is 1. The number of aliphatic hydroxyl groups is 1. The predicted molar refractivity (Wildman–Crippen MR) is 98.1 cm³/mol. The van der Waals surface area contributed by atoms with Crippen LogP contribution in [0.15, 0.2) is 0 Å². The molecule has 0 aromatic rings. The molecule has 0 unspecified atom stereocenters. The van der Waals surface area contributed by atoms with E-state index in [-0.39, 0.29) is 23.8 Å². The Kier molecular flexibility index (Phi) is 11.2. The maximum Gasteiger partial charge on any atom is 0.303 e. The number of rotatable bonds is 14. The fourth-order valence-electron chi connectivity index (χ4n) is 3.03. The number of amides is 1. The topological polar surface area (TPSA) is 77.8 Å². The van der Waals surface area contributed by atoms with Gasteiger partial charge in [0.2, 0.25) is 5.91 Å². The quantitative estimate of drug-likeness (QED) is 0.463. The van der Waals surface area contributed by atoms with Gasteiger partial charge in [-0.25, -0.2) is 0 Å². The highest BCUT2D eigenvalue weighted by Crippen LogP contribution is 2.29. The van der Waals surface area contributed by atoms with Gasteiger partial charge < -0.3 is 15.1 Å². The lowest BCUT2D eigenvalue weighted by Gasteiger charge is -2.24. The van der Waals surface area contributed by atoms with Gasteiger partial charge in [-0.3, -0.25) is 9.59 Å². The highest BCUT2D eigenvalue weighted by atomic mass is 32.2. The standard InChI is InChI=1S/C18H33NO4S/c1-2-3-6-9-15(20)11-12-17-19(16(21)14-24-17)13-8-5-4-7-10-18(22)23/h15,17,20H,2-14H2,1H3,(H,22,23)/t15-,17-/m0/s1. The Labute approximate surface area is 150 Å². The molecule has 24 heavy (non-hydrogen) atoms. The highest BCUT2D eigenvalue weighted by Gasteiger charge is 2.31. The molecule has 0 aromatic carbocycles. The summed E-state index contributed by atoms with van der Waals surface area (Å²) in [5, 5.41) is 18.9. The average Bonchev–Trinajstić information content (AvgIpc) is 2.89. The normalized spacial score (nSPS) is 19.0. The maximum atomic E-state index is 12.0. The molecule has 2 N–H and O–H groups in total. The molecule has 0 saturated carbocycles. The van der Waals surface area contributed by atoms with E-state index >= 15 is 0 Å². The van der Waals surface area contributed by atoms with Crippen molar-refractivity contribution >= 4 is 23.6 Å². The van der Waals surface area contributed by atoms with Crippen LogP contribution in [0, 0.1) is 0 Å². The second-order valence-corrected chi connectivity index (χ2v) is 7.80. The Balaban J connectivity index is 2.19. The van der Waals surface area contributed by atoms with Gasteiger partial charge in [0.15, 0.2) is 0 Å². The average molecular weight is 360 g/mol. The zero-order valence-electron chi connectivity index (χ0n) is 14.9. The SMILES string of the molecule is CCCCC[C@H](O)CC[C@@H]1SCC(=O)N1CCCCCCC(=O)O. The van der Waals surface area contributed by atoms with Crippen LogP contribution in [0.2, 0.25) is 0 Å². The number of aliphatic hydroxyl groups excluding tert-OH is 1. The highest BCUT2D eigenvalue weighted by molar-refractivity contribution is 8.00. The molecule has 6 heteroatoms. The lowest BCUT2D eigenvalue weighted by Crippen LogP contribution is -2.34. The Hall–Kier alpha value is -0.750. The fourth-order valence-corrected chi connectivity index (χ4v) is 4.24. The van der Waals surface area contributed by atoms with Crippen molar-refractivity contribution in [1.82, 2.24) is 4.90 Å². The minimum Gasteiger partial charge on any atom is -0.481 e. The van der Waals surface area contributed by atoms with E-state index in [0.29, 0.717) is 12.2 Å². The van der Waals surface area contributed by atoms with Gasteiger partial charge >= 0.3 is 5.97 Å². The van der Waals surface area contributed by atoms with E-state index in [1.807, 2.05) is 4.90 Å². The van der Waals surface area contributed by atoms with Crippen molar-refractivity contribution < 1.29 is 19.8 Å². The molecule has 1 aliphatic rings. The molecule has 1 aliphatic heterocycles. The van der Waals surface area contributed by atoms with E-state index in [1.165, 1.54) is 12.8 Å². The van der Waals surface area contributed by atoms with Crippen LogP contribution >= 0.6 is 11.8 Å². The first-order chi connectivity index (χ1) is 11.5. The molecule has 1 rings (SSSR count). The zero-order valence-corrected chi connectivity index (χ0v) is 15.7. The summed E-state index contributed by atoms with van der Waals surface area (Å²) in [5.41, 5.74) is 0. The van der Waals surface area contributed by atoms with Crippen LogP contribution in [0.1, 0.15) is 77.6 Å². The Morgan fingerprint density at radius 2 is 1.96 bits per heavy atom. The van der Waals surface area contributed by atoms with Gasteiger partial charge in [0.25, 0.3) is 0 Å². The molecule has 1 saturated heterocycles. The van der Waals surface area contributed by atoms with Crippen LogP contribution in [0.5, 0.6) is 0 Å². The molecule has 2 atom stereocenters. The number of hydrogen-bond acceptors (Lipinski definition) is 4. The van der Waals surface area contributed by atoms with Crippen molar-refractivity contribution in [1.29, 1.82) is 0 Å². The summed E-state index contributed by atoms with van der Waals surface area (Å²) in [5.74, 6) is 0.0185. The summed E-state index contributed by atoms with van der Waals surface area (Å²) in [6, 6.07) is 0. The van der Waals surface area contributed by atoms with Crippen molar-refractivity contribution in [2.24, 2.45) is 0 Å². The van der Waals surface area contributed by atoms with Crippen molar-refractivity contribution in [2.45, 2.75) is 89.0 Å². The Bertz CT molecular complexity index is 378. The number of hydrogen-bond donors (Lipinski definition) is 2. The molecular weight excluding hydrogens is 326 g/mol. The van der Waals surface area contributed by atoms with Crippen LogP contribution in [-0.2, 0) is 9.59 Å². The van der Waals surface area contributed by atoms with Gasteiger partial charge in [0.1, 0.15) is 0 Å². The lowest BCUT2D eigenvalue weighted by molar-refractivity contribution is -0.137. The Morgan fingerprint density at radius 1 is 1.21 bits per heavy atom. The summed E-state index contributed by atoms with van der Waals surface area (Å²) >= 11 is 1.69. The largest absolute Gasteiger partial charge is 0.481 e. The fraction of sp³-hybridized carbons (Fsp3) is 0.889. The second-order valence-electron chi connectivity index (χ2n) is 6.64. The molecule has 0 aliphatic carbocycles. The number of carboxylic acid groups (broad SMARTS) is 1. The first-order valence-electron chi connectivity index (χ1n) is 9.35. The minimum atomic E-state index is -0.737. The van der Waals surface area contributed by atoms with Crippen molar-refractivity contribution in [3.05, 3.63) is 0 Å². The van der Waals surface area contributed by atoms with Gasteiger partial charge in [-0.15, -0.1) is 11.8 Å². The van der Waals surface area contributed by atoms with Crippen molar-refractivity contribution in [3.63, 3.8) is 0 Å². The summed E-state index contributed by atoms with van der Waals surface area (Å²) in [6.45, 7) is 2.92. The first-order valence-corrected chi connectivity index (χ1v) is 10.4. The summed E-state index contributed by atoms with van der Waals surface area (Å²) < 4.78 is 0. The van der Waals surface area contributed by atoms with Gasteiger partial charge in [-0.05, 0) is 32.1 Å². The molecule has 0 bridgehead atoms. The molecule has 140 valence electrons. The number of carbonyl (C=O) groups excluding carboxylic acids is 1. The monoisotopic (exact) mass is 359 g/mol. The summed E-state index contributed by atoms with van der Waals surface area (Å²) in [7, 11) is 0. The maximum absolute atomic E-state index is 12.0. The molecular formula is C18H33NO4S. The molecule has 0 radical (unpaired) electrons. The number of thioether (sulfide) groups is 1. The van der Waals surface area contributed by atoms with E-state index in [9.17, 15) is 14.7 Å². The number of unbranched alkanes of at least 4 members (excludes halogenated alkanes) is 5.